The molecule has 0 aliphatic carbocycles. The van der Waals surface area contributed by atoms with Crippen molar-refractivity contribution in [3.05, 3.63) is 76.3 Å². The van der Waals surface area contributed by atoms with Crippen molar-refractivity contribution in [1.29, 1.82) is 0 Å². The van der Waals surface area contributed by atoms with Gasteiger partial charge >= 0.3 is 0 Å². The molecule has 1 heterocycles. The molecule has 0 aliphatic rings. The molecule has 4 nitrogen and oxygen atoms in total. The summed E-state index contributed by atoms with van der Waals surface area (Å²) in [4.78, 5) is 12.4. The second kappa shape index (κ2) is 6.34. The van der Waals surface area contributed by atoms with Crippen LogP contribution in [0.3, 0.4) is 0 Å². The van der Waals surface area contributed by atoms with Gasteiger partial charge in [0.25, 0.3) is 5.91 Å². The van der Waals surface area contributed by atoms with E-state index < -0.39 is 5.82 Å². The summed E-state index contributed by atoms with van der Waals surface area (Å²) >= 11 is 3.38. The molecule has 0 atom stereocenters. The van der Waals surface area contributed by atoms with Crippen LogP contribution < -0.4 is 5.32 Å². The van der Waals surface area contributed by atoms with Crippen LogP contribution in [-0.4, -0.2) is 15.7 Å². The Labute approximate surface area is 141 Å². The van der Waals surface area contributed by atoms with Crippen molar-refractivity contribution in [3.63, 3.8) is 0 Å². The number of rotatable bonds is 3. The molecule has 1 amide bonds. The lowest BCUT2D eigenvalue weighted by Crippen LogP contribution is -2.13. The maximum atomic E-state index is 13.2. The van der Waals surface area contributed by atoms with E-state index in [2.05, 4.69) is 26.3 Å². The Bertz CT molecular complexity index is 859. The van der Waals surface area contributed by atoms with Crippen molar-refractivity contribution in [1.82, 2.24) is 9.78 Å². The molecular formula is C17H13BrFN3O. The standard InChI is InChI=1S/C17H13BrFN3O/c1-11-16(17(23)21-14-4-2-3-13(19)9-14)10-20-22(11)15-7-5-12(18)6-8-15/h2-10H,1H3,(H,21,23). The lowest BCUT2D eigenvalue weighted by Gasteiger charge is -2.07. The van der Waals surface area contributed by atoms with Gasteiger partial charge in [0.15, 0.2) is 0 Å². The van der Waals surface area contributed by atoms with E-state index in [4.69, 9.17) is 0 Å². The number of benzene rings is 2. The largest absolute Gasteiger partial charge is 0.322 e. The maximum Gasteiger partial charge on any atom is 0.259 e. The van der Waals surface area contributed by atoms with Gasteiger partial charge in [0.1, 0.15) is 5.82 Å². The molecule has 0 saturated carbocycles. The number of hydrogen-bond donors (Lipinski definition) is 1. The Morgan fingerprint density at radius 3 is 2.65 bits per heavy atom. The number of hydrogen-bond acceptors (Lipinski definition) is 2. The van der Waals surface area contributed by atoms with Crippen molar-refractivity contribution in [2.24, 2.45) is 0 Å². The molecule has 23 heavy (non-hydrogen) atoms. The zero-order valence-corrected chi connectivity index (χ0v) is 13.8. The molecule has 3 aromatic rings. The van der Waals surface area contributed by atoms with Gasteiger partial charge in [-0.2, -0.15) is 5.10 Å². The molecule has 0 saturated heterocycles. The molecule has 0 spiro atoms. The van der Waals surface area contributed by atoms with Crippen LogP contribution in [0.1, 0.15) is 16.1 Å². The maximum absolute atomic E-state index is 13.2. The van der Waals surface area contributed by atoms with Crippen molar-refractivity contribution in [2.45, 2.75) is 6.92 Å². The van der Waals surface area contributed by atoms with Crippen LogP contribution in [0.25, 0.3) is 5.69 Å². The van der Waals surface area contributed by atoms with Gasteiger partial charge in [-0.3, -0.25) is 4.79 Å². The van der Waals surface area contributed by atoms with Crippen LogP contribution in [-0.2, 0) is 0 Å². The minimum atomic E-state index is -0.398. The second-order valence-corrected chi connectivity index (χ2v) is 5.91. The third-order valence-electron chi connectivity index (χ3n) is 3.41. The van der Waals surface area contributed by atoms with Gasteiger partial charge < -0.3 is 5.32 Å². The molecule has 1 N–H and O–H groups in total. The molecule has 116 valence electrons. The summed E-state index contributed by atoms with van der Waals surface area (Å²) in [6, 6.07) is 13.4. The summed E-state index contributed by atoms with van der Waals surface area (Å²) in [6.45, 7) is 1.82. The Balaban J connectivity index is 1.86. The van der Waals surface area contributed by atoms with E-state index in [-0.39, 0.29) is 5.91 Å². The van der Waals surface area contributed by atoms with E-state index in [0.717, 1.165) is 10.2 Å². The average Bonchev–Trinajstić information content (AvgIpc) is 2.90. The van der Waals surface area contributed by atoms with Crippen LogP contribution in [0, 0.1) is 12.7 Å². The van der Waals surface area contributed by atoms with E-state index >= 15 is 0 Å². The predicted molar refractivity (Wildman–Crippen MR) is 90.4 cm³/mol. The molecule has 0 fully saturated rings. The summed E-state index contributed by atoms with van der Waals surface area (Å²) in [7, 11) is 0. The first kappa shape index (κ1) is 15.4. The number of nitrogens with one attached hydrogen (secondary N) is 1. The molecule has 1 aromatic heterocycles. The molecule has 0 unspecified atom stereocenters. The van der Waals surface area contributed by atoms with E-state index in [0.29, 0.717) is 16.9 Å². The molecule has 0 radical (unpaired) electrons. The van der Waals surface area contributed by atoms with Crippen molar-refractivity contribution >= 4 is 27.5 Å². The van der Waals surface area contributed by atoms with E-state index in [1.165, 1.54) is 18.3 Å². The first-order valence-electron chi connectivity index (χ1n) is 6.92. The zero-order chi connectivity index (χ0) is 16.4. The SMILES string of the molecule is Cc1c(C(=O)Nc2cccc(F)c2)cnn1-c1ccc(Br)cc1. The topological polar surface area (TPSA) is 46.9 Å². The van der Waals surface area contributed by atoms with Gasteiger partial charge in [-0.15, -0.1) is 0 Å². The highest BCUT2D eigenvalue weighted by atomic mass is 79.9. The highest BCUT2D eigenvalue weighted by Crippen LogP contribution is 2.18. The minimum absolute atomic E-state index is 0.323. The van der Waals surface area contributed by atoms with Crippen LogP contribution in [0.4, 0.5) is 10.1 Å². The summed E-state index contributed by atoms with van der Waals surface area (Å²) in [5.74, 6) is -0.721. The lowest BCUT2D eigenvalue weighted by atomic mass is 10.2. The second-order valence-electron chi connectivity index (χ2n) is 5.00. The number of anilines is 1. The van der Waals surface area contributed by atoms with Gasteiger partial charge in [0.05, 0.1) is 23.1 Å². The number of carbonyl (C=O) groups excluding carboxylic acids is 1. The Morgan fingerprint density at radius 1 is 1.22 bits per heavy atom. The van der Waals surface area contributed by atoms with Gasteiger partial charge in [-0.25, -0.2) is 9.07 Å². The van der Waals surface area contributed by atoms with Crippen LogP contribution >= 0.6 is 15.9 Å². The first-order chi connectivity index (χ1) is 11.0. The lowest BCUT2D eigenvalue weighted by molar-refractivity contribution is 0.102. The summed E-state index contributed by atoms with van der Waals surface area (Å²) in [6.07, 6.45) is 1.51. The van der Waals surface area contributed by atoms with Crippen molar-refractivity contribution < 1.29 is 9.18 Å². The number of halogens is 2. The van der Waals surface area contributed by atoms with Gasteiger partial charge in [0.2, 0.25) is 0 Å². The summed E-state index contributed by atoms with van der Waals surface area (Å²) < 4.78 is 15.8. The number of aromatic nitrogens is 2. The number of amides is 1. The van der Waals surface area contributed by atoms with Crippen molar-refractivity contribution in [2.75, 3.05) is 5.32 Å². The fourth-order valence-corrected chi connectivity index (χ4v) is 2.50. The van der Waals surface area contributed by atoms with E-state index in [1.807, 2.05) is 31.2 Å². The minimum Gasteiger partial charge on any atom is -0.322 e. The highest BCUT2D eigenvalue weighted by molar-refractivity contribution is 9.10. The van der Waals surface area contributed by atoms with Crippen LogP contribution in [0.15, 0.2) is 59.2 Å². The molecule has 6 heteroatoms. The monoisotopic (exact) mass is 373 g/mol. The normalized spacial score (nSPS) is 10.6. The summed E-state index contributed by atoms with van der Waals surface area (Å²) in [5, 5.41) is 6.94. The smallest absolute Gasteiger partial charge is 0.259 e. The Morgan fingerprint density at radius 2 is 1.96 bits per heavy atom. The molecule has 3 rings (SSSR count). The first-order valence-corrected chi connectivity index (χ1v) is 7.71. The third-order valence-corrected chi connectivity index (χ3v) is 3.94. The van der Waals surface area contributed by atoms with Gasteiger partial charge in [0, 0.05) is 10.2 Å². The third kappa shape index (κ3) is 3.32. The van der Waals surface area contributed by atoms with Crippen LogP contribution in [0.5, 0.6) is 0 Å². The van der Waals surface area contributed by atoms with E-state index in [1.54, 1.807) is 16.8 Å². The molecular weight excluding hydrogens is 361 g/mol. The fraction of sp³-hybridized carbons (Fsp3) is 0.0588. The molecule has 2 aromatic carbocycles. The predicted octanol–water partition coefficient (Wildman–Crippen LogP) is 4.33. The average molecular weight is 374 g/mol. The summed E-state index contributed by atoms with van der Waals surface area (Å²) in [5.41, 5.74) is 2.42. The van der Waals surface area contributed by atoms with Crippen molar-refractivity contribution in [3.8, 4) is 5.69 Å². The van der Waals surface area contributed by atoms with Crippen LogP contribution in [0.2, 0.25) is 0 Å². The molecule has 0 aliphatic heterocycles. The highest BCUT2D eigenvalue weighted by Gasteiger charge is 2.15. The van der Waals surface area contributed by atoms with E-state index in [9.17, 15) is 9.18 Å². The zero-order valence-electron chi connectivity index (χ0n) is 12.3. The van der Waals surface area contributed by atoms with Gasteiger partial charge in [-0.05, 0) is 49.4 Å². The number of carbonyl (C=O) groups is 1. The fourth-order valence-electron chi connectivity index (χ4n) is 2.24. The number of nitrogens with zero attached hydrogens (tertiary/aromatic N) is 2. The van der Waals surface area contributed by atoms with Gasteiger partial charge in [-0.1, -0.05) is 22.0 Å². The Hall–Kier alpha value is -2.47. The Kier molecular flexibility index (Phi) is 4.25. The molecule has 0 bridgehead atoms. The quantitative estimate of drug-likeness (QED) is 0.742.